The van der Waals surface area contributed by atoms with Crippen LogP contribution in [0.5, 0.6) is 0 Å². The maximum Gasteiger partial charge on any atom is 0.170 e. The number of hydrogen-bond donors (Lipinski definition) is 1. The molecule has 3 aromatic rings. The number of aryl methyl sites for hydroxylation is 1. The highest BCUT2D eigenvalue weighted by atomic mass is 19.1. The number of halogens is 1. The second-order valence-corrected chi connectivity index (χ2v) is 11.3. The minimum absolute atomic E-state index is 0.145. The third-order valence-electron chi connectivity index (χ3n) is 7.07. The lowest BCUT2D eigenvalue weighted by Gasteiger charge is -2.48. The number of carbonyl (C=O) groups is 1. The summed E-state index contributed by atoms with van der Waals surface area (Å²) >= 11 is 0. The highest BCUT2D eigenvalue weighted by molar-refractivity contribution is 5.74. The van der Waals surface area contributed by atoms with Crippen molar-refractivity contribution in [3.63, 3.8) is 0 Å². The summed E-state index contributed by atoms with van der Waals surface area (Å²) in [6, 6.07) is 6.87. The van der Waals surface area contributed by atoms with Gasteiger partial charge in [0.05, 0.1) is 17.5 Å². The van der Waals surface area contributed by atoms with Gasteiger partial charge >= 0.3 is 0 Å². The van der Waals surface area contributed by atoms with Crippen molar-refractivity contribution in [2.75, 3.05) is 26.7 Å². The minimum atomic E-state index is -0.814. The number of aldehydes is 1. The zero-order chi connectivity index (χ0) is 27.7. The van der Waals surface area contributed by atoms with E-state index >= 15 is 0 Å². The molecule has 0 atom stereocenters. The van der Waals surface area contributed by atoms with Gasteiger partial charge in [0.2, 0.25) is 0 Å². The van der Waals surface area contributed by atoms with Gasteiger partial charge in [-0.05, 0) is 77.4 Å². The van der Waals surface area contributed by atoms with Gasteiger partial charge in [-0.3, -0.25) is 9.69 Å². The number of piperazine rings is 1. The highest BCUT2D eigenvalue weighted by Crippen LogP contribution is 2.27. The Hall–Kier alpha value is -3.10. The topological polar surface area (TPSA) is 74.0 Å². The first kappa shape index (κ1) is 28.5. The van der Waals surface area contributed by atoms with Crippen LogP contribution in [0.4, 0.5) is 4.39 Å². The van der Waals surface area contributed by atoms with Gasteiger partial charge in [0.1, 0.15) is 11.5 Å². The maximum atomic E-state index is 13.4. The van der Waals surface area contributed by atoms with E-state index in [-0.39, 0.29) is 17.3 Å². The highest BCUT2D eigenvalue weighted by Gasteiger charge is 2.34. The van der Waals surface area contributed by atoms with Crippen LogP contribution in [0.3, 0.4) is 0 Å². The van der Waals surface area contributed by atoms with Gasteiger partial charge < -0.3 is 10.0 Å². The largest absolute Gasteiger partial charge is 0.384 e. The molecule has 1 aliphatic rings. The first-order valence-corrected chi connectivity index (χ1v) is 12.6. The fourth-order valence-corrected chi connectivity index (χ4v) is 4.30. The smallest absolute Gasteiger partial charge is 0.170 e. The quantitative estimate of drug-likeness (QED) is 0.484. The Kier molecular flexibility index (Phi) is 8.24. The van der Waals surface area contributed by atoms with Crippen LogP contribution in [0, 0.1) is 12.7 Å². The van der Waals surface area contributed by atoms with Crippen LogP contribution < -0.4 is 0 Å². The van der Waals surface area contributed by atoms with Gasteiger partial charge in [-0.1, -0.05) is 20.4 Å². The molecule has 1 N–H and O–H groups in total. The zero-order valence-corrected chi connectivity index (χ0v) is 23.3. The molecular formula is C29H40FN5O2. The first-order valence-electron chi connectivity index (χ1n) is 12.6. The minimum Gasteiger partial charge on any atom is -0.384 e. The van der Waals surface area contributed by atoms with E-state index in [2.05, 4.69) is 61.2 Å². The van der Waals surface area contributed by atoms with E-state index in [9.17, 15) is 14.3 Å². The molecule has 0 bridgehead atoms. The molecule has 0 saturated carbocycles. The molecule has 200 valence electrons. The Labute approximate surface area is 219 Å². The molecule has 37 heavy (non-hydrogen) atoms. The molecule has 3 heterocycles. The van der Waals surface area contributed by atoms with Crippen molar-refractivity contribution < 1.29 is 14.3 Å². The maximum absolute atomic E-state index is 13.4. The van der Waals surface area contributed by atoms with E-state index in [0.717, 1.165) is 42.2 Å². The lowest BCUT2D eigenvalue weighted by Crippen LogP contribution is -2.58. The van der Waals surface area contributed by atoms with Gasteiger partial charge in [-0.25, -0.2) is 13.9 Å². The Morgan fingerprint density at radius 1 is 1.24 bits per heavy atom. The predicted molar refractivity (Wildman–Crippen MR) is 146 cm³/mol. The van der Waals surface area contributed by atoms with Crippen LogP contribution in [-0.2, 0) is 0 Å². The molecule has 7 nitrogen and oxygen atoms in total. The van der Waals surface area contributed by atoms with Crippen LogP contribution in [0.2, 0.25) is 0 Å². The van der Waals surface area contributed by atoms with Crippen molar-refractivity contribution in [3.05, 3.63) is 65.4 Å². The number of imidazole rings is 1. The summed E-state index contributed by atoms with van der Waals surface area (Å²) in [6.45, 7) is 20.8. The molecule has 4 rings (SSSR count). The molecule has 0 aliphatic carbocycles. The number of benzene rings is 1. The Balaban J connectivity index is 0.000000222. The van der Waals surface area contributed by atoms with Crippen molar-refractivity contribution in [3.8, 4) is 11.3 Å². The second-order valence-electron chi connectivity index (χ2n) is 11.3. The fourth-order valence-electron chi connectivity index (χ4n) is 4.30. The molecule has 0 unspecified atom stereocenters. The molecule has 1 fully saturated rings. The molecule has 1 aromatic carbocycles. The summed E-state index contributed by atoms with van der Waals surface area (Å²) in [6.07, 6.45) is 2.31. The molecular weight excluding hydrogens is 469 g/mol. The summed E-state index contributed by atoms with van der Waals surface area (Å²) in [7, 11) is 2.14. The van der Waals surface area contributed by atoms with Gasteiger partial charge in [-0.15, -0.1) is 0 Å². The Bertz CT molecular complexity index is 1290. The molecule has 2 aromatic heterocycles. The van der Waals surface area contributed by atoms with Crippen molar-refractivity contribution in [2.24, 2.45) is 0 Å². The number of rotatable bonds is 5. The van der Waals surface area contributed by atoms with Gasteiger partial charge in [-0.2, -0.15) is 5.10 Å². The number of hydrogen-bond acceptors (Lipinski definition) is 6. The molecule has 0 radical (unpaired) electrons. The standard InChI is InChI=1S/C17H16FN3O.C12H24N2O/c1-10(2)14-7-16(12-4-5-15(18)11(3)6-12)20-21-8-13(9-22)19-17(14)21;1-10(12(4,5)15)14-8-7-13(6)11(2,3)9-14/h4-10H,1-3H3;15H,1,7-9H2,2-6H3. The van der Waals surface area contributed by atoms with Crippen molar-refractivity contribution in [1.29, 1.82) is 0 Å². The van der Waals surface area contributed by atoms with Gasteiger partial charge in [0, 0.05) is 42.0 Å². The van der Waals surface area contributed by atoms with E-state index < -0.39 is 5.60 Å². The molecule has 1 aliphatic heterocycles. The second kappa shape index (κ2) is 10.7. The normalized spacial score (nSPS) is 16.0. The third kappa shape index (κ3) is 6.43. The SMILES string of the molecule is C=C(N1CCN(C)C(C)(C)C1)C(C)(C)O.Cc1cc(-c2cc(C(C)C)c3nc(C=O)cn3n2)ccc1F. The van der Waals surface area contributed by atoms with E-state index in [1.54, 1.807) is 43.6 Å². The van der Waals surface area contributed by atoms with Crippen LogP contribution in [0.1, 0.15) is 69.1 Å². The molecule has 0 spiro atoms. The molecule has 1 saturated heterocycles. The number of aliphatic hydroxyl groups is 1. The summed E-state index contributed by atoms with van der Waals surface area (Å²) in [5.74, 6) is -0.00696. The van der Waals surface area contributed by atoms with E-state index in [4.69, 9.17) is 0 Å². The van der Waals surface area contributed by atoms with E-state index in [1.807, 2.05) is 6.07 Å². The number of carbonyl (C=O) groups excluding carboxylic acids is 1. The number of likely N-dealkylation sites (N-methyl/N-ethyl adjacent to an activating group) is 1. The van der Waals surface area contributed by atoms with Crippen molar-refractivity contribution in [1.82, 2.24) is 24.4 Å². The monoisotopic (exact) mass is 509 g/mol. The average Bonchev–Trinajstić information content (AvgIpc) is 3.24. The van der Waals surface area contributed by atoms with Crippen molar-refractivity contribution >= 4 is 11.9 Å². The lowest BCUT2D eigenvalue weighted by molar-refractivity contribution is 0.0209. The van der Waals surface area contributed by atoms with E-state index in [0.29, 0.717) is 23.2 Å². The van der Waals surface area contributed by atoms with Gasteiger partial charge in [0.25, 0.3) is 0 Å². The molecule has 8 heteroatoms. The summed E-state index contributed by atoms with van der Waals surface area (Å²) < 4.78 is 15.1. The number of fused-ring (bicyclic) bond motifs is 1. The Morgan fingerprint density at radius 3 is 2.46 bits per heavy atom. The third-order valence-corrected chi connectivity index (χ3v) is 7.07. The van der Waals surface area contributed by atoms with Crippen LogP contribution >= 0.6 is 0 Å². The van der Waals surface area contributed by atoms with Gasteiger partial charge in [0.15, 0.2) is 11.9 Å². The first-order chi connectivity index (χ1) is 17.1. The Morgan fingerprint density at radius 2 is 1.92 bits per heavy atom. The number of nitrogens with zero attached hydrogens (tertiary/aromatic N) is 5. The van der Waals surface area contributed by atoms with Crippen molar-refractivity contribution in [2.45, 2.75) is 65.5 Å². The van der Waals surface area contributed by atoms with Crippen LogP contribution in [0.15, 0.2) is 42.7 Å². The molecule has 0 amide bonds. The number of aromatic nitrogens is 3. The predicted octanol–water partition coefficient (Wildman–Crippen LogP) is 5.08. The summed E-state index contributed by atoms with van der Waals surface area (Å²) in [4.78, 5) is 19.8. The lowest BCUT2D eigenvalue weighted by atomic mass is 9.96. The van der Waals surface area contributed by atoms with Crippen LogP contribution in [0.25, 0.3) is 16.9 Å². The summed E-state index contributed by atoms with van der Waals surface area (Å²) in [5.41, 5.74) is 4.33. The van der Waals surface area contributed by atoms with Crippen LogP contribution in [-0.4, -0.2) is 73.6 Å². The summed E-state index contributed by atoms with van der Waals surface area (Å²) in [5, 5.41) is 14.4. The van der Waals surface area contributed by atoms with E-state index in [1.165, 1.54) is 6.07 Å². The fraction of sp³-hybridized carbons (Fsp3) is 0.483. The zero-order valence-electron chi connectivity index (χ0n) is 23.3. The average molecular weight is 510 g/mol.